The van der Waals surface area contributed by atoms with Gasteiger partial charge in [-0.15, -0.1) is 0 Å². The predicted octanol–water partition coefficient (Wildman–Crippen LogP) is 2.44. The van der Waals surface area contributed by atoms with Crippen LogP contribution in [0, 0.1) is 17.2 Å². The van der Waals surface area contributed by atoms with Crippen molar-refractivity contribution in [3.63, 3.8) is 0 Å². The molecule has 0 fully saturated rings. The number of pyridine rings is 1. The molecular weight excluding hydrogens is 186 g/mol. The molecule has 0 spiro atoms. The topological polar surface area (TPSA) is 39.9 Å². The summed E-state index contributed by atoms with van der Waals surface area (Å²) >= 11 is 0. The second kappa shape index (κ2) is 5.35. The fraction of sp³-hybridized carbons (Fsp3) is 0.500. The molecule has 0 unspecified atom stereocenters. The molecule has 80 valence electrons. The fourth-order valence-corrected chi connectivity index (χ4v) is 1.46. The van der Waals surface area contributed by atoms with Crippen molar-refractivity contribution in [2.75, 3.05) is 18.0 Å². The molecule has 0 aliphatic heterocycles. The van der Waals surface area contributed by atoms with Crippen LogP contribution >= 0.6 is 0 Å². The number of anilines is 1. The molecule has 0 N–H and O–H groups in total. The lowest BCUT2D eigenvalue weighted by molar-refractivity contribution is 0.614. The minimum absolute atomic E-state index is 0.611. The monoisotopic (exact) mass is 203 g/mol. The molecule has 3 heteroatoms. The smallest absolute Gasteiger partial charge is 0.128 e. The van der Waals surface area contributed by atoms with Gasteiger partial charge in [-0.1, -0.05) is 13.8 Å². The van der Waals surface area contributed by atoms with Crippen LogP contribution in [0.4, 0.5) is 5.82 Å². The molecule has 0 aromatic carbocycles. The van der Waals surface area contributed by atoms with Gasteiger partial charge in [-0.05, 0) is 25.0 Å². The summed E-state index contributed by atoms with van der Waals surface area (Å²) in [5.74, 6) is 1.56. The maximum Gasteiger partial charge on any atom is 0.128 e. The van der Waals surface area contributed by atoms with Gasteiger partial charge in [0.25, 0.3) is 0 Å². The summed E-state index contributed by atoms with van der Waals surface area (Å²) in [5, 5.41) is 8.67. The van der Waals surface area contributed by atoms with E-state index in [0.717, 1.165) is 18.9 Å². The lowest BCUT2D eigenvalue weighted by Gasteiger charge is -2.23. The number of nitriles is 1. The maximum absolute atomic E-state index is 8.67. The number of hydrogen-bond donors (Lipinski definition) is 0. The number of nitrogens with zero attached hydrogens (tertiary/aromatic N) is 3. The normalized spacial score (nSPS) is 10.1. The third kappa shape index (κ3) is 3.25. The summed E-state index contributed by atoms with van der Waals surface area (Å²) < 4.78 is 0. The Morgan fingerprint density at radius 2 is 2.20 bits per heavy atom. The molecule has 0 atom stereocenters. The zero-order chi connectivity index (χ0) is 11.3. The van der Waals surface area contributed by atoms with E-state index in [1.165, 1.54) is 0 Å². The Labute approximate surface area is 91.4 Å². The Bertz CT molecular complexity index is 335. The second-order valence-electron chi connectivity index (χ2n) is 3.95. The highest BCUT2D eigenvalue weighted by atomic mass is 15.2. The van der Waals surface area contributed by atoms with Gasteiger partial charge in [-0.2, -0.15) is 5.26 Å². The van der Waals surface area contributed by atoms with Gasteiger partial charge in [0.05, 0.1) is 5.56 Å². The first-order valence-electron chi connectivity index (χ1n) is 5.28. The Morgan fingerprint density at radius 3 is 2.60 bits per heavy atom. The lowest BCUT2D eigenvalue weighted by atomic mass is 10.2. The lowest BCUT2D eigenvalue weighted by Crippen LogP contribution is -2.27. The van der Waals surface area contributed by atoms with E-state index < -0.39 is 0 Å². The van der Waals surface area contributed by atoms with Crippen LogP contribution in [0.3, 0.4) is 0 Å². The number of aromatic nitrogens is 1. The van der Waals surface area contributed by atoms with Gasteiger partial charge in [0.15, 0.2) is 0 Å². The molecule has 0 aliphatic rings. The summed E-state index contributed by atoms with van der Waals surface area (Å²) in [5.41, 5.74) is 0.611. The van der Waals surface area contributed by atoms with Crippen LogP contribution in [0.1, 0.15) is 26.3 Å². The highest BCUT2D eigenvalue weighted by molar-refractivity contribution is 5.41. The molecular formula is C12H17N3. The van der Waals surface area contributed by atoms with Crippen LogP contribution in [0.15, 0.2) is 18.3 Å². The molecule has 0 amide bonds. The number of hydrogen-bond acceptors (Lipinski definition) is 3. The summed E-state index contributed by atoms with van der Waals surface area (Å²) in [4.78, 5) is 6.49. The van der Waals surface area contributed by atoms with Crippen LogP contribution in [-0.4, -0.2) is 18.1 Å². The van der Waals surface area contributed by atoms with E-state index in [9.17, 15) is 0 Å². The van der Waals surface area contributed by atoms with Gasteiger partial charge in [0.1, 0.15) is 11.9 Å². The first-order chi connectivity index (χ1) is 7.17. The quantitative estimate of drug-likeness (QED) is 0.754. The van der Waals surface area contributed by atoms with Crippen LogP contribution in [0.25, 0.3) is 0 Å². The average Bonchev–Trinajstić information content (AvgIpc) is 2.26. The van der Waals surface area contributed by atoms with E-state index >= 15 is 0 Å². The third-order valence-corrected chi connectivity index (χ3v) is 2.17. The Morgan fingerprint density at radius 1 is 1.47 bits per heavy atom. The molecule has 3 nitrogen and oxygen atoms in total. The van der Waals surface area contributed by atoms with Crippen molar-refractivity contribution in [3.8, 4) is 6.07 Å². The Kier molecular flexibility index (Phi) is 4.11. The van der Waals surface area contributed by atoms with Crippen LogP contribution in [-0.2, 0) is 0 Å². The highest BCUT2D eigenvalue weighted by Gasteiger charge is 2.07. The van der Waals surface area contributed by atoms with Crippen molar-refractivity contribution >= 4 is 5.82 Å². The predicted molar refractivity (Wildman–Crippen MR) is 61.7 cm³/mol. The SMILES string of the molecule is CCN(CC(C)C)c1ccc(C#N)cn1. The van der Waals surface area contributed by atoms with E-state index in [1.54, 1.807) is 6.20 Å². The summed E-state index contributed by atoms with van der Waals surface area (Å²) in [6.45, 7) is 8.42. The second-order valence-corrected chi connectivity index (χ2v) is 3.95. The van der Waals surface area contributed by atoms with E-state index in [-0.39, 0.29) is 0 Å². The highest BCUT2D eigenvalue weighted by Crippen LogP contribution is 2.12. The molecule has 1 rings (SSSR count). The summed E-state index contributed by atoms with van der Waals surface area (Å²) in [7, 11) is 0. The Hall–Kier alpha value is -1.56. The van der Waals surface area contributed by atoms with E-state index in [1.807, 2.05) is 12.1 Å². The standard InChI is InChI=1S/C12H17N3/c1-4-15(9-10(2)3)12-6-5-11(7-13)8-14-12/h5-6,8,10H,4,9H2,1-3H3. The zero-order valence-corrected chi connectivity index (χ0v) is 9.57. The maximum atomic E-state index is 8.67. The van der Waals surface area contributed by atoms with Gasteiger partial charge in [0.2, 0.25) is 0 Å². The molecule has 15 heavy (non-hydrogen) atoms. The molecule has 1 heterocycles. The van der Waals surface area contributed by atoms with Crippen LogP contribution in [0.2, 0.25) is 0 Å². The van der Waals surface area contributed by atoms with Gasteiger partial charge in [-0.3, -0.25) is 0 Å². The largest absolute Gasteiger partial charge is 0.357 e. The van der Waals surface area contributed by atoms with Gasteiger partial charge < -0.3 is 4.90 Å². The zero-order valence-electron chi connectivity index (χ0n) is 9.57. The van der Waals surface area contributed by atoms with Crippen molar-refractivity contribution < 1.29 is 0 Å². The summed E-state index contributed by atoms with van der Waals surface area (Å²) in [6, 6.07) is 5.79. The van der Waals surface area contributed by atoms with E-state index in [0.29, 0.717) is 11.5 Å². The van der Waals surface area contributed by atoms with E-state index in [4.69, 9.17) is 5.26 Å². The van der Waals surface area contributed by atoms with Gasteiger partial charge >= 0.3 is 0 Å². The van der Waals surface area contributed by atoms with Crippen molar-refractivity contribution in [3.05, 3.63) is 23.9 Å². The molecule has 0 bridgehead atoms. The minimum Gasteiger partial charge on any atom is -0.357 e. The van der Waals surface area contributed by atoms with Gasteiger partial charge in [-0.25, -0.2) is 4.98 Å². The Balaban J connectivity index is 2.79. The van der Waals surface area contributed by atoms with Crippen LogP contribution in [0.5, 0.6) is 0 Å². The molecule has 0 saturated carbocycles. The third-order valence-electron chi connectivity index (χ3n) is 2.17. The van der Waals surface area contributed by atoms with Crippen molar-refractivity contribution in [2.24, 2.45) is 5.92 Å². The molecule has 0 radical (unpaired) electrons. The first kappa shape index (κ1) is 11.5. The minimum atomic E-state index is 0.611. The number of rotatable bonds is 4. The van der Waals surface area contributed by atoms with Crippen molar-refractivity contribution in [2.45, 2.75) is 20.8 Å². The molecule has 1 aromatic heterocycles. The van der Waals surface area contributed by atoms with E-state index in [2.05, 4.69) is 36.7 Å². The van der Waals surface area contributed by atoms with Crippen molar-refractivity contribution in [1.29, 1.82) is 5.26 Å². The fourth-order valence-electron chi connectivity index (χ4n) is 1.46. The van der Waals surface area contributed by atoms with Gasteiger partial charge in [0, 0.05) is 19.3 Å². The molecule has 0 aliphatic carbocycles. The first-order valence-corrected chi connectivity index (χ1v) is 5.28. The summed E-state index contributed by atoms with van der Waals surface area (Å²) in [6.07, 6.45) is 1.62. The molecule has 0 saturated heterocycles. The van der Waals surface area contributed by atoms with Crippen molar-refractivity contribution in [1.82, 2.24) is 4.98 Å². The average molecular weight is 203 g/mol. The molecule has 1 aromatic rings. The van der Waals surface area contributed by atoms with Crippen LogP contribution < -0.4 is 4.90 Å².